The van der Waals surface area contributed by atoms with Crippen LogP contribution in [0.4, 0.5) is 17.1 Å². The van der Waals surface area contributed by atoms with Gasteiger partial charge in [0.1, 0.15) is 18.0 Å². The van der Waals surface area contributed by atoms with E-state index in [-0.39, 0.29) is 11.4 Å². The van der Waals surface area contributed by atoms with Crippen molar-refractivity contribution in [2.75, 3.05) is 5.43 Å². The lowest BCUT2D eigenvalue weighted by atomic mass is 10.1. The summed E-state index contributed by atoms with van der Waals surface area (Å²) in [5, 5.41) is 26.1. The van der Waals surface area contributed by atoms with Gasteiger partial charge in [0.05, 0.1) is 22.1 Å². The van der Waals surface area contributed by atoms with Crippen LogP contribution in [-0.4, -0.2) is 16.1 Å². The standard InChI is InChI=1S/C21H17BrN4O5/c1-14-2-4-15(5-3-14)13-31-21-9-6-17(22)10-16(21)12-23-24-19-8-7-18(25(27)28)11-20(19)26(29)30/h2-12,24H,13H2,1H3/b23-12+. The number of anilines is 1. The smallest absolute Gasteiger partial charge is 0.301 e. The third-order valence-electron chi connectivity index (χ3n) is 4.26. The summed E-state index contributed by atoms with van der Waals surface area (Å²) in [7, 11) is 0. The predicted octanol–water partition coefficient (Wildman–Crippen LogP) is 5.60. The summed E-state index contributed by atoms with van der Waals surface area (Å²) in [5.74, 6) is 0.576. The Balaban J connectivity index is 1.77. The van der Waals surface area contributed by atoms with Gasteiger partial charge in [-0.1, -0.05) is 45.8 Å². The minimum Gasteiger partial charge on any atom is -0.488 e. The van der Waals surface area contributed by atoms with E-state index in [1.165, 1.54) is 18.3 Å². The Hall–Kier alpha value is -3.79. The van der Waals surface area contributed by atoms with Gasteiger partial charge < -0.3 is 4.74 Å². The molecule has 158 valence electrons. The minimum atomic E-state index is -0.708. The summed E-state index contributed by atoms with van der Waals surface area (Å²) in [6.45, 7) is 2.38. The predicted molar refractivity (Wildman–Crippen MR) is 121 cm³/mol. The number of rotatable bonds is 8. The van der Waals surface area contributed by atoms with Gasteiger partial charge in [-0.05, 0) is 36.8 Å². The molecule has 0 saturated heterocycles. The van der Waals surface area contributed by atoms with Crippen LogP contribution in [0.25, 0.3) is 0 Å². The molecule has 10 heteroatoms. The van der Waals surface area contributed by atoms with Gasteiger partial charge in [0.2, 0.25) is 0 Å². The molecule has 0 aliphatic rings. The molecule has 0 aliphatic heterocycles. The Labute approximate surface area is 185 Å². The van der Waals surface area contributed by atoms with Crippen molar-refractivity contribution in [3.63, 3.8) is 0 Å². The SMILES string of the molecule is Cc1ccc(COc2ccc(Br)cc2/C=N/Nc2ccc([N+](=O)[O-])cc2[N+](=O)[O-])cc1. The number of aryl methyl sites for hydroxylation is 1. The molecule has 0 radical (unpaired) electrons. The Morgan fingerprint density at radius 2 is 1.77 bits per heavy atom. The third-order valence-corrected chi connectivity index (χ3v) is 4.76. The molecule has 0 aromatic heterocycles. The Kier molecular flexibility index (Phi) is 6.93. The van der Waals surface area contributed by atoms with E-state index in [9.17, 15) is 20.2 Å². The number of hydrogen-bond acceptors (Lipinski definition) is 7. The summed E-state index contributed by atoms with van der Waals surface area (Å²) >= 11 is 3.40. The molecule has 31 heavy (non-hydrogen) atoms. The number of benzene rings is 3. The number of hydrazone groups is 1. The van der Waals surface area contributed by atoms with Gasteiger partial charge >= 0.3 is 5.69 Å². The quantitative estimate of drug-likeness (QED) is 0.252. The molecule has 0 unspecified atom stereocenters. The summed E-state index contributed by atoms with van der Waals surface area (Å²) in [6.07, 6.45) is 1.46. The van der Waals surface area contributed by atoms with Crippen molar-refractivity contribution >= 4 is 39.2 Å². The fourth-order valence-corrected chi connectivity index (χ4v) is 3.03. The van der Waals surface area contributed by atoms with Crippen LogP contribution in [0.1, 0.15) is 16.7 Å². The molecule has 0 saturated carbocycles. The molecular weight excluding hydrogens is 468 g/mol. The van der Waals surface area contributed by atoms with Gasteiger partial charge in [0, 0.05) is 16.1 Å². The molecular formula is C21H17BrN4O5. The second-order valence-electron chi connectivity index (χ2n) is 6.54. The maximum Gasteiger partial charge on any atom is 0.301 e. The highest BCUT2D eigenvalue weighted by Gasteiger charge is 2.19. The maximum absolute atomic E-state index is 11.2. The highest BCUT2D eigenvalue weighted by Crippen LogP contribution is 2.29. The summed E-state index contributed by atoms with van der Waals surface area (Å²) in [4.78, 5) is 20.7. The van der Waals surface area contributed by atoms with Gasteiger partial charge in [-0.15, -0.1) is 0 Å². The van der Waals surface area contributed by atoms with Crippen molar-refractivity contribution < 1.29 is 14.6 Å². The molecule has 0 aliphatic carbocycles. The molecule has 0 amide bonds. The van der Waals surface area contributed by atoms with Crippen molar-refractivity contribution in [3.05, 3.63) is 102 Å². The minimum absolute atomic E-state index is 0.0315. The first kappa shape index (κ1) is 21.9. The van der Waals surface area contributed by atoms with Crippen LogP contribution < -0.4 is 10.2 Å². The first-order chi connectivity index (χ1) is 14.8. The molecule has 0 heterocycles. The number of nitro groups is 2. The summed E-state index contributed by atoms with van der Waals surface area (Å²) in [5.41, 5.74) is 4.59. The number of halogens is 1. The van der Waals surface area contributed by atoms with E-state index in [1.807, 2.05) is 37.3 Å². The van der Waals surface area contributed by atoms with Crippen LogP contribution in [0.15, 0.2) is 70.2 Å². The van der Waals surface area contributed by atoms with E-state index < -0.39 is 15.5 Å². The second kappa shape index (κ2) is 9.81. The van der Waals surface area contributed by atoms with E-state index in [1.54, 1.807) is 12.1 Å². The lowest BCUT2D eigenvalue weighted by molar-refractivity contribution is -0.393. The number of hydrogen-bond donors (Lipinski definition) is 1. The fourth-order valence-electron chi connectivity index (χ4n) is 2.65. The molecule has 3 rings (SSSR count). The van der Waals surface area contributed by atoms with Gasteiger partial charge in [-0.3, -0.25) is 25.7 Å². The molecule has 9 nitrogen and oxygen atoms in total. The van der Waals surface area contributed by atoms with Gasteiger partial charge in [0.15, 0.2) is 0 Å². The molecule has 0 bridgehead atoms. The van der Waals surface area contributed by atoms with E-state index in [4.69, 9.17) is 4.74 Å². The molecule has 0 spiro atoms. The number of ether oxygens (including phenoxy) is 1. The van der Waals surface area contributed by atoms with Crippen molar-refractivity contribution in [1.82, 2.24) is 0 Å². The van der Waals surface area contributed by atoms with Crippen LogP contribution >= 0.6 is 15.9 Å². The maximum atomic E-state index is 11.2. The second-order valence-corrected chi connectivity index (χ2v) is 7.46. The molecule has 0 fully saturated rings. The third kappa shape index (κ3) is 5.86. The van der Waals surface area contributed by atoms with Gasteiger partial charge in [-0.2, -0.15) is 5.10 Å². The number of nitrogens with zero attached hydrogens (tertiary/aromatic N) is 3. The topological polar surface area (TPSA) is 120 Å². The van der Waals surface area contributed by atoms with Crippen LogP contribution in [0, 0.1) is 27.2 Å². The highest BCUT2D eigenvalue weighted by atomic mass is 79.9. The van der Waals surface area contributed by atoms with Crippen molar-refractivity contribution in [1.29, 1.82) is 0 Å². The van der Waals surface area contributed by atoms with Gasteiger partial charge in [0.25, 0.3) is 5.69 Å². The first-order valence-electron chi connectivity index (χ1n) is 9.03. The molecule has 3 aromatic carbocycles. The lowest BCUT2D eigenvalue weighted by Gasteiger charge is -2.10. The van der Waals surface area contributed by atoms with E-state index >= 15 is 0 Å². The molecule has 0 atom stereocenters. The average molecular weight is 485 g/mol. The Bertz CT molecular complexity index is 1150. The van der Waals surface area contributed by atoms with Crippen molar-refractivity contribution in [3.8, 4) is 5.75 Å². The average Bonchev–Trinajstić information content (AvgIpc) is 2.74. The van der Waals surface area contributed by atoms with Crippen LogP contribution in [-0.2, 0) is 6.61 Å². The molecule has 3 aromatic rings. The van der Waals surface area contributed by atoms with Crippen LogP contribution in [0.2, 0.25) is 0 Å². The largest absolute Gasteiger partial charge is 0.488 e. The number of nitrogens with one attached hydrogen (secondary N) is 1. The lowest BCUT2D eigenvalue weighted by Crippen LogP contribution is -2.01. The van der Waals surface area contributed by atoms with E-state index in [0.717, 1.165) is 21.7 Å². The van der Waals surface area contributed by atoms with Crippen molar-refractivity contribution in [2.45, 2.75) is 13.5 Å². The zero-order valence-electron chi connectivity index (χ0n) is 16.3. The summed E-state index contributed by atoms with van der Waals surface area (Å²) < 4.78 is 6.71. The Morgan fingerprint density at radius 3 is 2.45 bits per heavy atom. The number of non-ortho nitro benzene ring substituents is 1. The van der Waals surface area contributed by atoms with Crippen molar-refractivity contribution in [2.24, 2.45) is 5.10 Å². The fraction of sp³-hybridized carbons (Fsp3) is 0.0952. The normalized spacial score (nSPS) is 10.8. The number of nitro benzene ring substituents is 2. The first-order valence-corrected chi connectivity index (χ1v) is 9.82. The summed E-state index contributed by atoms with van der Waals surface area (Å²) in [6, 6.07) is 16.7. The van der Waals surface area contributed by atoms with E-state index in [0.29, 0.717) is 17.9 Å². The monoisotopic (exact) mass is 484 g/mol. The zero-order chi connectivity index (χ0) is 22.4. The highest BCUT2D eigenvalue weighted by molar-refractivity contribution is 9.10. The molecule has 1 N–H and O–H groups in total. The van der Waals surface area contributed by atoms with Crippen LogP contribution in [0.5, 0.6) is 5.75 Å². The van der Waals surface area contributed by atoms with E-state index in [2.05, 4.69) is 26.5 Å². The van der Waals surface area contributed by atoms with Crippen LogP contribution in [0.3, 0.4) is 0 Å². The Morgan fingerprint density at radius 1 is 1.03 bits per heavy atom. The van der Waals surface area contributed by atoms with Gasteiger partial charge in [-0.25, -0.2) is 0 Å². The zero-order valence-corrected chi connectivity index (χ0v) is 17.9.